The molecule has 0 aliphatic carbocycles. The number of hydrogen-bond donors (Lipinski definition) is 2. The van der Waals surface area contributed by atoms with E-state index in [1.807, 2.05) is 6.92 Å². The smallest absolute Gasteiger partial charge is 0.430 e. The highest BCUT2D eigenvalue weighted by atomic mass is 19.1. The van der Waals surface area contributed by atoms with Crippen molar-refractivity contribution in [1.29, 1.82) is 0 Å². The third kappa shape index (κ3) is 5.57. The topological polar surface area (TPSA) is 40.5 Å². The second-order valence-electron chi connectivity index (χ2n) is 1.94. The average molecular weight is 156 g/mol. The van der Waals surface area contributed by atoms with Crippen molar-refractivity contribution in [2.45, 2.75) is 6.92 Å². The fraction of sp³-hybridized carbons (Fsp3) is 0.143. The lowest BCUT2D eigenvalue weighted by molar-refractivity contribution is 0.448. The lowest BCUT2D eigenvalue weighted by Gasteiger charge is -1.87. The third-order valence-corrected chi connectivity index (χ3v) is 1.01. The highest BCUT2D eigenvalue weighted by molar-refractivity contribution is 6.13. The van der Waals surface area contributed by atoms with E-state index in [0.717, 1.165) is 5.56 Å². The van der Waals surface area contributed by atoms with Gasteiger partial charge in [0.15, 0.2) is 0 Å². The number of hydrogen-bond acceptors (Lipinski definition) is 2. The summed E-state index contributed by atoms with van der Waals surface area (Å²) in [5.41, 5.74) is 1.09. The molecule has 0 aliphatic rings. The van der Waals surface area contributed by atoms with Crippen molar-refractivity contribution in [2.24, 2.45) is 0 Å². The molecule has 2 N–H and O–H groups in total. The molecule has 0 bridgehead atoms. The fourth-order valence-corrected chi connectivity index (χ4v) is 0.533. The van der Waals surface area contributed by atoms with Gasteiger partial charge in [0.05, 0.1) is 0 Å². The Kier molecular flexibility index (Phi) is 5.42. The summed E-state index contributed by atoms with van der Waals surface area (Å²) < 4.78 is 12.1. The molecule has 1 aromatic carbocycles. The molecule has 0 spiro atoms. The maximum Gasteiger partial charge on any atom is 0.432 e. The Balaban J connectivity index is 0.000000292. The predicted octanol–water partition coefficient (Wildman–Crippen LogP) is 0.372. The summed E-state index contributed by atoms with van der Waals surface area (Å²) in [5, 5.41) is 14.2. The van der Waals surface area contributed by atoms with Gasteiger partial charge in [-0.25, -0.2) is 4.39 Å². The van der Waals surface area contributed by atoms with E-state index >= 15 is 0 Å². The summed E-state index contributed by atoms with van der Waals surface area (Å²) in [7, 11) is -0.750. The first-order valence-corrected chi connectivity index (χ1v) is 3.14. The number of rotatable bonds is 0. The van der Waals surface area contributed by atoms with E-state index in [0.29, 0.717) is 0 Å². The Labute approximate surface area is 65.6 Å². The van der Waals surface area contributed by atoms with Crippen LogP contribution >= 0.6 is 0 Å². The van der Waals surface area contributed by atoms with Gasteiger partial charge < -0.3 is 10.0 Å². The minimum Gasteiger partial charge on any atom is -0.430 e. The average Bonchev–Trinajstić information content (AvgIpc) is 1.97. The van der Waals surface area contributed by atoms with E-state index in [1.165, 1.54) is 12.1 Å². The molecule has 1 rings (SSSR count). The van der Waals surface area contributed by atoms with Crippen LogP contribution in [0.1, 0.15) is 5.56 Å². The van der Waals surface area contributed by atoms with Gasteiger partial charge in [0.25, 0.3) is 0 Å². The van der Waals surface area contributed by atoms with Crippen molar-refractivity contribution in [3.63, 3.8) is 0 Å². The quantitative estimate of drug-likeness (QED) is 0.532. The Morgan fingerprint density at radius 3 is 1.82 bits per heavy atom. The molecule has 4 heteroatoms. The molecule has 60 valence electrons. The van der Waals surface area contributed by atoms with Crippen molar-refractivity contribution < 1.29 is 14.4 Å². The molecule has 0 aromatic heterocycles. The molecular formula is C7H10BFO2. The van der Waals surface area contributed by atoms with E-state index in [4.69, 9.17) is 10.0 Å². The number of benzene rings is 1. The van der Waals surface area contributed by atoms with Gasteiger partial charge in [0.1, 0.15) is 5.82 Å². The summed E-state index contributed by atoms with van der Waals surface area (Å²) in [6, 6.07) is 6.40. The van der Waals surface area contributed by atoms with Crippen molar-refractivity contribution in [3.8, 4) is 0 Å². The van der Waals surface area contributed by atoms with Crippen molar-refractivity contribution in [2.75, 3.05) is 0 Å². The van der Waals surface area contributed by atoms with Crippen LogP contribution < -0.4 is 0 Å². The lowest BCUT2D eigenvalue weighted by Crippen LogP contribution is -1.75. The fourth-order valence-electron chi connectivity index (χ4n) is 0.533. The Hall–Kier alpha value is -0.865. The van der Waals surface area contributed by atoms with Gasteiger partial charge >= 0.3 is 7.69 Å². The first kappa shape index (κ1) is 10.1. The van der Waals surface area contributed by atoms with Crippen molar-refractivity contribution >= 4 is 7.69 Å². The van der Waals surface area contributed by atoms with E-state index in [-0.39, 0.29) is 5.82 Å². The monoisotopic (exact) mass is 156 g/mol. The molecule has 1 aromatic rings. The molecule has 0 atom stereocenters. The summed E-state index contributed by atoms with van der Waals surface area (Å²) in [4.78, 5) is 0. The molecule has 0 unspecified atom stereocenters. The molecular weight excluding hydrogens is 146 g/mol. The second-order valence-corrected chi connectivity index (χ2v) is 1.94. The van der Waals surface area contributed by atoms with Crippen LogP contribution in [0.15, 0.2) is 24.3 Å². The second kappa shape index (κ2) is 5.89. The minimum atomic E-state index is -0.750. The van der Waals surface area contributed by atoms with Crippen molar-refractivity contribution in [3.05, 3.63) is 35.6 Å². The minimum absolute atomic E-state index is 0.171. The SMILES string of the molecule is Cc1ccc(F)cc1.OBO. The van der Waals surface area contributed by atoms with Gasteiger partial charge in [-0.15, -0.1) is 0 Å². The summed E-state index contributed by atoms with van der Waals surface area (Å²) in [5.74, 6) is -0.171. The molecule has 0 aliphatic heterocycles. The molecule has 0 amide bonds. The molecule has 0 heterocycles. The predicted molar refractivity (Wildman–Crippen MR) is 42.7 cm³/mol. The summed E-state index contributed by atoms with van der Waals surface area (Å²) in [6.07, 6.45) is 0. The Bertz CT molecular complexity index is 167. The van der Waals surface area contributed by atoms with E-state index in [1.54, 1.807) is 12.1 Å². The van der Waals surface area contributed by atoms with Gasteiger partial charge in [0, 0.05) is 0 Å². The first-order valence-electron chi connectivity index (χ1n) is 3.14. The van der Waals surface area contributed by atoms with Gasteiger partial charge in [-0.2, -0.15) is 0 Å². The highest BCUT2D eigenvalue weighted by Gasteiger charge is 1.83. The van der Waals surface area contributed by atoms with Crippen LogP contribution in [-0.2, 0) is 0 Å². The lowest BCUT2D eigenvalue weighted by atomic mass is 10.2. The molecule has 2 nitrogen and oxygen atoms in total. The van der Waals surface area contributed by atoms with Crippen LogP contribution in [0, 0.1) is 12.7 Å². The van der Waals surface area contributed by atoms with Gasteiger partial charge in [-0.3, -0.25) is 0 Å². The molecule has 11 heavy (non-hydrogen) atoms. The van der Waals surface area contributed by atoms with Gasteiger partial charge in [-0.1, -0.05) is 17.7 Å². The van der Waals surface area contributed by atoms with E-state index < -0.39 is 7.69 Å². The molecule has 0 saturated heterocycles. The highest BCUT2D eigenvalue weighted by Crippen LogP contribution is 1.98. The van der Waals surface area contributed by atoms with Crippen LogP contribution in [0.4, 0.5) is 4.39 Å². The maximum absolute atomic E-state index is 12.1. The third-order valence-electron chi connectivity index (χ3n) is 1.01. The molecule has 0 radical (unpaired) electrons. The van der Waals surface area contributed by atoms with Crippen LogP contribution in [0.3, 0.4) is 0 Å². The Morgan fingerprint density at radius 2 is 1.55 bits per heavy atom. The zero-order valence-corrected chi connectivity index (χ0v) is 6.29. The van der Waals surface area contributed by atoms with Gasteiger partial charge in [0.2, 0.25) is 0 Å². The summed E-state index contributed by atoms with van der Waals surface area (Å²) >= 11 is 0. The molecule has 0 fully saturated rings. The zero-order valence-electron chi connectivity index (χ0n) is 6.29. The van der Waals surface area contributed by atoms with E-state index in [9.17, 15) is 4.39 Å². The van der Waals surface area contributed by atoms with Crippen LogP contribution in [0.5, 0.6) is 0 Å². The summed E-state index contributed by atoms with van der Waals surface area (Å²) in [6.45, 7) is 1.93. The number of aryl methyl sites for hydroxylation is 1. The number of halogens is 1. The van der Waals surface area contributed by atoms with Crippen molar-refractivity contribution in [1.82, 2.24) is 0 Å². The Morgan fingerprint density at radius 1 is 1.18 bits per heavy atom. The van der Waals surface area contributed by atoms with E-state index in [2.05, 4.69) is 0 Å². The standard InChI is InChI=1S/C7H7F.BH3O2/c1-6-2-4-7(8)5-3-6;2-1-3/h2-5H,1H3;1-3H. The van der Waals surface area contributed by atoms with Crippen LogP contribution in [0.2, 0.25) is 0 Å². The zero-order chi connectivity index (χ0) is 8.69. The van der Waals surface area contributed by atoms with Crippen LogP contribution in [-0.4, -0.2) is 17.7 Å². The maximum atomic E-state index is 12.1. The molecule has 0 saturated carbocycles. The normalized spacial score (nSPS) is 8.00. The van der Waals surface area contributed by atoms with Gasteiger partial charge in [-0.05, 0) is 19.1 Å². The largest absolute Gasteiger partial charge is 0.432 e. The first-order chi connectivity index (χ1) is 5.20. The van der Waals surface area contributed by atoms with Crippen LogP contribution in [0.25, 0.3) is 0 Å².